The van der Waals surface area contributed by atoms with Gasteiger partial charge < -0.3 is 44.1 Å². The van der Waals surface area contributed by atoms with Crippen LogP contribution in [-0.4, -0.2) is 140 Å². The molecule has 0 saturated carbocycles. The summed E-state index contributed by atoms with van der Waals surface area (Å²) in [5, 5.41) is 45.4. The summed E-state index contributed by atoms with van der Waals surface area (Å²) in [5.74, 6) is -6.30. The summed E-state index contributed by atoms with van der Waals surface area (Å²) >= 11 is 0. The maximum Gasteiger partial charge on any atom is 0.407 e. The Morgan fingerprint density at radius 1 is 1.10 bits per heavy atom. The van der Waals surface area contributed by atoms with Crippen LogP contribution in [0.3, 0.4) is 0 Å². The van der Waals surface area contributed by atoms with Crippen LogP contribution < -0.4 is 5.32 Å². The number of amides is 1. The molecule has 60 heavy (non-hydrogen) atoms. The van der Waals surface area contributed by atoms with E-state index >= 15 is 0 Å². The van der Waals surface area contributed by atoms with Gasteiger partial charge in [-0.3, -0.25) is 29.2 Å². The highest BCUT2D eigenvalue weighted by Crippen LogP contribution is 2.39. The third-order valence-corrected chi connectivity index (χ3v) is 12.0. The second-order valence-corrected chi connectivity index (χ2v) is 16.8. The van der Waals surface area contributed by atoms with E-state index in [9.17, 15) is 39.5 Å². The molecule has 2 fully saturated rings. The van der Waals surface area contributed by atoms with Crippen molar-refractivity contribution in [3.8, 4) is 11.3 Å². The maximum atomic E-state index is 14.4. The van der Waals surface area contributed by atoms with Crippen molar-refractivity contribution in [3.05, 3.63) is 40.6 Å². The largest absolute Gasteiger partial charge is 0.459 e. The number of aliphatic hydroxyl groups is 2. The quantitative estimate of drug-likeness (QED) is 0.127. The van der Waals surface area contributed by atoms with Crippen molar-refractivity contribution < 1.29 is 58.0 Å². The molecule has 0 bridgehead atoms. The van der Waals surface area contributed by atoms with Crippen LogP contribution in [0.2, 0.25) is 0 Å². The molecule has 2 aliphatic heterocycles. The van der Waals surface area contributed by atoms with Crippen molar-refractivity contribution in [2.45, 2.75) is 135 Å². The first-order valence-electron chi connectivity index (χ1n) is 20.4. The number of hydrogen-bond donors (Lipinski definition) is 3. The lowest BCUT2D eigenvalue weighted by molar-refractivity contribution is -0.384. The lowest BCUT2D eigenvalue weighted by Crippen LogP contribution is -2.60. The molecule has 4 rings (SSSR count). The highest BCUT2D eigenvalue weighted by atomic mass is 16.7. The molecule has 19 nitrogen and oxygen atoms in total. The molecule has 19 heteroatoms. The third kappa shape index (κ3) is 10.9. The van der Waals surface area contributed by atoms with Crippen molar-refractivity contribution in [2.75, 3.05) is 27.7 Å². The van der Waals surface area contributed by atoms with Crippen LogP contribution in [0, 0.1) is 33.8 Å². The number of non-ortho nitro benzene ring substituents is 1. The van der Waals surface area contributed by atoms with Gasteiger partial charge in [-0.1, -0.05) is 45.0 Å². The van der Waals surface area contributed by atoms with Gasteiger partial charge in [-0.15, -0.1) is 5.10 Å². The summed E-state index contributed by atoms with van der Waals surface area (Å²) in [5.41, 5.74) is -2.76. The Morgan fingerprint density at radius 2 is 1.77 bits per heavy atom. The number of esters is 1. The van der Waals surface area contributed by atoms with Gasteiger partial charge in [0.25, 0.3) is 5.69 Å². The van der Waals surface area contributed by atoms with Crippen molar-refractivity contribution >= 4 is 29.3 Å². The zero-order valence-corrected chi connectivity index (χ0v) is 36.4. The molecule has 0 aliphatic carbocycles. The van der Waals surface area contributed by atoms with Crippen LogP contribution >= 0.6 is 0 Å². The Balaban J connectivity index is 1.61. The average Bonchev–Trinajstić information content (AvgIpc) is 3.68. The lowest BCUT2D eigenvalue weighted by atomic mass is 9.74. The van der Waals surface area contributed by atoms with Gasteiger partial charge in [0.05, 0.1) is 41.4 Å². The van der Waals surface area contributed by atoms with Crippen molar-refractivity contribution in [2.24, 2.45) is 23.7 Å². The molecule has 1 amide bonds. The lowest BCUT2D eigenvalue weighted by Gasteiger charge is -2.47. The number of likely N-dealkylation sites (N-methyl/N-ethyl adjacent to an activating group) is 1. The van der Waals surface area contributed by atoms with E-state index in [1.807, 2.05) is 25.9 Å². The molecular weight excluding hydrogens is 784 g/mol. The van der Waals surface area contributed by atoms with E-state index < -0.39 is 94.1 Å². The van der Waals surface area contributed by atoms with Crippen LogP contribution in [-0.2, 0) is 44.6 Å². The van der Waals surface area contributed by atoms with Gasteiger partial charge >= 0.3 is 12.1 Å². The molecule has 3 heterocycles. The highest BCUT2D eigenvalue weighted by molar-refractivity contribution is 6.00. The van der Waals surface area contributed by atoms with Gasteiger partial charge in [-0.25, -0.2) is 4.79 Å². The summed E-state index contributed by atoms with van der Waals surface area (Å²) in [4.78, 5) is 68.4. The van der Waals surface area contributed by atoms with Crippen molar-refractivity contribution in [1.29, 1.82) is 0 Å². The first kappa shape index (κ1) is 48.3. The fourth-order valence-electron chi connectivity index (χ4n) is 8.39. The number of nitrogens with zero attached hydrogens (tertiary/aromatic N) is 5. The van der Waals surface area contributed by atoms with Crippen molar-refractivity contribution in [3.63, 3.8) is 0 Å². The minimum absolute atomic E-state index is 0.0161. The smallest absolute Gasteiger partial charge is 0.407 e. The summed E-state index contributed by atoms with van der Waals surface area (Å²) in [6.07, 6.45) is -5.51. The van der Waals surface area contributed by atoms with E-state index in [1.54, 1.807) is 40.0 Å². The number of cyclic esters (lactones) is 1. The Hall–Kier alpha value is -4.40. The molecule has 2 aliphatic rings. The maximum absolute atomic E-state index is 14.4. The normalized spacial score (nSPS) is 34.8. The number of carbonyl (C=O) groups is 4. The zero-order chi connectivity index (χ0) is 44.9. The number of ether oxygens (including phenoxy) is 5. The van der Waals surface area contributed by atoms with Crippen LogP contribution in [0.15, 0.2) is 30.5 Å². The number of nitro benzene ring substituents is 1. The number of alkyl carbamates (subject to hydrolysis) is 1. The number of benzene rings is 1. The average molecular weight is 847 g/mol. The fourth-order valence-corrected chi connectivity index (χ4v) is 8.39. The van der Waals surface area contributed by atoms with Gasteiger partial charge in [-0.2, -0.15) is 0 Å². The number of Topliss-reactive ketones (excluding diaryl/α,β-unsaturated/α-hetero) is 2. The number of methoxy groups -OCH3 is 1. The molecule has 334 valence electrons. The summed E-state index contributed by atoms with van der Waals surface area (Å²) in [7, 11) is 5.08. The topological polar surface area (TPSA) is 244 Å². The van der Waals surface area contributed by atoms with Crippen molar-refractivity contribution in [1.82, 2.24) is 25.2 Å². The number of aromatic nitrogens is 3. The molecular formula is C41H62N6O13. The molecule has 2 aromatic rings. The molecule has 0 radical (unpaired) electrons. The molecule has 1 aromatic heterocycles. The molecule has 1 aromatic carbocycles. The van der Waals surface area contributed by atoms with E-state index in [1.165, 1.54) is 50.8 Å². The number of ketones is 2. The Bertz CT molecular complexity index is 1840. The summed E-state index contributed by atoms with van der Waals surface area (Å²) in [6.45, 7) is 12.7. The Morgan fingerprint density at radius 3 is 2.38 bits per heavy atom. The van der Waals surface area contributed by atoms with Gasteiger partial charge in [0, 0.05) is 49.2 Å². The number of carbonyl (C=O) groups excluding carboxylic acids is 4. The predicted octanol–water partition coefficient (Wildman–Crippen LogP) is 3.32. The second-order valence-electron chi connectivity index (χ2n) is 16.8. The van der Waals surface area contributed by atoms with Gasteiger partial charge in [0.15, 0.2) is 12.1 Å². The Kier molecular flexibility index (Phi) is 16.1. The molecule has 0 spiro atoms. The number of hydrogen-bond acceptors (Lipinski definition) is 16. The third-order valence-electron chi connectivity index (χ3n) is 12.0. The molecule has 2 saturated heterocycles. The summed E-state index contributed by atoms with van der Waals surface area (Å²) < 4.78 is 31.8. The number of aliphatic hydroxyl groups excluding tert-OH is 1. The molecule has 13 atom stereocenters. The van der Waals surface area contributed by atoms with E-state index in [0.717, 1.165) is 0 Å². The standard InChI is InChI=1S/C41H62N6O13/c1-12-31-41(8,53)36(60-39(52)42-16-17-46-21-29(43-44-46)27-14-13-15-28(19-27)47(54)55)24(4)32(48)22(2)20-40(7,56-11)35(25(5)33(49)26(6)37(51)58-31)59-38-34(50)30(45(9)10)18-23(3)57-38/h13-15,19,21-26,30-31,34-36,38,50,53H,12,16-18,20H2,1-11H3,(H,42,52)/t22-,23+,24+,25+,26-,30-,31-,34+,35-,36-,38-,40-,41-/m1/s1. The van der Waals surface area contributed by atoms with Crippen LogP contribution in [0.25, 0.3) is 11.3 Å². The predicted molar refractivity (Wildman–Crippen MR) is 215 cm³/mol. The fraction of sp³-hybridized carbons (Fsp3) is 0.707. The first-order valence-corrected chi connectivity index (χ1v) is 20.4. The van der Waals surface area contributed by atoms with E-state index in [-0.39, 0.29) is 43.8 Å². The van der Waals surface area contributed by atoms with Gasteiger partial charge in [-0.05, 0) is 61.1 Å². The zero-order valence-electron chi connectivity index (χ0n) is 36.4. The van der Waals surface area contributed by atoms with Crippen LogP contribution in [0.5, 0.6) is 0 Å². The van der Waals surface area contributed by atoms with Gasteiger partial charge in [0.1, 0.15) is 41.3 Å². The Labute approximate surface area is 350 Å². The van der Waals surface area contributed by atoms with E-state index in [2.05, 4.69) is 15.6 Å². The number of nitrogens with one attached hydrogen (secondary N) is 1. The number of rotatable bonds is 11. The van der Waals surface area contributed by atoms with E-state index in [4.69, 9.17) is 23.7 Å². The van der Waals surface area contributed by atoms with Crippen LogP contribution in [0.4, 0.5) is 10.5 Å². The van der Waals surface area contributed by atoms with E-state index in [0.29, 0.717) is 17.7 Å². The minimum Gasteiger partial charge on any atom is -0.459 e. The monoisotopic (exact) mass is 846 g/mol. The number of nitro groups is 1. The molecule has 0 unspecified atom stereocenters. The van der Waals surface area contributed by atoms with Gasteiger partial charge in [0.2, 0.25) is 0 Å². The first-order chi connectivity index (χ1) is 28.1. The molecule has 3 N–H and O–H groups in total. The minimum atomic E-state index is -2.13. The SMILES string of the molecule is CC[C@H]1OC(=O)[C@H](C)C(=O)[C@H](C)[C@@H](O[C@H]2O[C@@H](C)C[C@@H](N(C)C)[C@@H]2O)[C@](C)(OC)C[C@@H](C)C(=O)[C@H](C)[C@@H](OC(=O)NCCn2cc(-c3cccc([N+](=O)[O-])c3)nn2)[C@]1(C)O. The summed E-state index contributed by atoms with van der Waals surface area (Å²) in [6, 6.07) is 5.58. The van der Waals surface area contributed by atoms with Crippen LogP contribution in [0.1, 0.15) is 74.7 Å². The second kappa shape index (κ2) is 20.0. The highest BCUT2D eigenvalue weighted by Gasteiger charge is 2.53.